The summed E-state index contributed by atoms with van der Waals surface area (Å²) in [5, 5.41) is 8.87. The summed E-state index contributed by atoms with van der Waals surface area (Å²) in [5.74, 6) is 0.788. The molecule has 6 aromatic rings. The van der Waals surface area contributed by atoms with Crippen molar-refractivity contribution in [3.8, 4) is 22.6 Å². The van der Waals surface area contributed by atoms with E-state index in [0.29, 0.717) is 128 Å². The number of nitrogens with one attached hydrogen (secondary N) is 1. The van der Waals surface area contributed by atoms with Crippen LogP contribution in [-0.2, 0) is 41.6 Å². The first-order chi connectivity index (χ1) is 42.6. The van der Waals surface area contributed by atoms with Gasteiger partial charge in [-0.15, -0.1) is 0 Å². The van der Waals surface area contributed by atoms with Crippen molar-refractivity contribution in [3.05, 3.63) is 153 Å². The van der Waals surface area contributed by atoms with E-state index in [1.807, 2.05) is 56.4 Å². The van der Waals surface area contributed by atoms with Crippen LogP contribution in [0.3, 0.4) is 0 Å². The number of amides is 5. The lowest BCUT2D eigenvalue weighted by Crippen LogP contribution is -2.56. The second kappa shape index (κ2) is 29.4. The molecule has 0 radical (unpaired) electrons. The predicted octanol–water partition coefficient (Wildman–Crippen LogP) is 8.78. The Kier molecular flexibility index (Phi) is 21.1. The molecule has 2 bridgehead atoms. The van der Waals surface area contributed by atoms with Crippen molar-refractivity contribution in [2.75, 3.05) is 117 Å². The summed E-state index contributed by atoms with van der Waals surface area (Å²) in [6.45, 7) is 8.65. The molecule has 0 spiro atoms. The SMILES string of the molecule is COc1ccc(C2=N[C@@H](c3ccc(Cl)cc3)[C@@H](c3ccc(Cl)cc3)N2C(=O)N2CCN(CCOCCOCCOCCOCCC(=O)NCCn3cc4c(n3)CN(C)C(=O)c3ccc(F)cc3[C@H]3CCCN3c3cc-4cnc3N)C(=O)C2)c(OC(C)C)c1. The van der Waals surface area contributed by atoms with Crippen molar-refractivity contribution >= 4 is 64.3 Å². The number of piperazine rings is 1. The van der Waals surface area contributed by atoms with Gasteiger partial charge in [0, 0.05) is 91.4 Å². The van der Waals surface area contributed by atoms with E-state index in [1.54, 1.807) is 87.1 Å². The number of rotatable bonds is 24. The van der Waals surface area contributed by atoms with Crippen molar-refractivity contribution in [1.29, 1.82) is 0 Å². The standard InChI is InChI=1S/C64H74Cl2FN11O10/c1-41(2)88-56-36-48(83-4)16-18-50(56)62-71-59(42-7-11-45(65)12-8-42)60(43-9-13-46(66)14-10-43)78(62)64(82)75-24-23-74(58(80)40-75)25-27-85-29-31-87-33-32-86-30-28-84-26-19-57(79)69-20-22-76-38-52-44-34-55(61(68)70-37-44)77-21-5-6-54(77)51-35-47(67)15-17-49(51)63(81)73(3)39-53(52)72-76/h7-18,34-38,41,54,59-60H,5-6,19-33,39-40H2,1-4H3,(H2,68,70)(H,69,79)/t54-,59+,60-/m1/s1. The minimum atomic E-state index is -0.620. The van der Waals surface area contributed by atoms with Crippen LogP contribution in [0, 0.1) is 5.82 Å². The van der Waals surface area contributed by atoms with Gasteiger partial charge in [0.05, 0.1) is 108 Å². The van der Waals surface area contributed by atoms with Gasteiger partial charge >= 0.3 is 6.03 Å². The van der Waals surface area contributed by atoms with E-state index in [2.05, 4.69) is 15.2 Å². The summed E-state index contributed by atoms with van der Waals surface area (Å²) in [6.07, 6.45) is 5.13. The number of halogens is 3. The quantitative estimate of drug-likeness (QED) is 0.0541. The van der Waals surface area contributed by atoms with Crippen LogP contribution < -0.4 is 25.4 Å². The van der Waals surface area contributed by atoms with E-state index < -0.39 is 17.9 Å². The van der Waals surface area contributed by atoms with Gasteiger partial charge in [-0.05, 0) is 104 Å². The van der Waals surface area contributed by atoms with Gasteiger partial charge in [0.1, 0.15) is 41.6 Å². The molecule has 0 saturated carbocycles. The number of carbonyl (C=O) groups is 4. The molecule has 4 aromatic carbocycles. The Hall–Kier alpha value is -7.86. The smallest absolute Gasteiger partial charge is 0.326 e. The molecule has 6 heterocycles. The number of hydrogen-bond donors (Lipinski definition) is 2. The molecule has 0 unspecified atom stereocenters. The van der Waals surface area contributed by atoms with Gasteiger partial charge < -0.3 is 59.1 Å². The molecule has 3 atom stereocenters. The number of fused-ring (bicyclic) bond motifs is 8. The van der Waals surface area contributed by atoms with Crippen molar-refractivity contribution < 1.29 is 52.0 Å². The molecule has 3 N–H and O–H groups in total. The molecule has 24 heteroatoms. The summed E-state index contributed by atoms with van der Waals surface area (Å²) in [7, 11) is 3.29. The first kappa shape index (κ1) is 63.2. The van der Waals surface area contributed by atoms with Crippen LogP contribution in [0.4, 0.5) is 20.7 Å². The monoisotopic (exact) mass is 1250 g/mol. The Labute approximate surface area is 521 Å². The second-order valence-electron chi connectivity index (χ2n) is 22.1. The lowest BCUT2D eigenvalue weighted by Gasteiger charge is -2.38. The first-order valence-electron chi connectivity index (χ1n) is 29.6. The lowest BCUT2D eigenvalue weighted by molar-refractivity contribution is -0.135. The number of carbonyl (C=O) groups excluding carboxylic acids is 4. The molecule has 2 aromatic heterocycles. The molecular formula is C64H74Cl2FN11O10. The van der Waals surface area contributed by atoms with Crippen LogP contribution in [0.15, 0.2) is 108 Å². The van der Waals surface area contributed by atoms with Gasteiger partial charge in [-0.2, -0.15) is 5.10 Å². The van der Waals surface area contributed by atoms with E-state index in [4.69, 9.17) is 67.4 Å². The van der Waals surface area contributed by atoms with Crippen LogP contribution in [0.1, 0.15) is 89.5 Å². The highest BCUT2D eigenvalue weighted by Gasteiger charge is 2.46. The molecule has 2 saturated heterocycles. The summed E-state index contributed by atoms with van der Waals surface area (Å²) in [4.78, 5) is 73.9. The third-order valence-electron chi connectivity index (χ3n) is 15.8. The molecule has 5 amide bonds. The number of nitrogens with two attached hydrogens (primary N) is 1. The zero-order valence-electron chi connectivity index (χ0n) is 49.9. The fourth-order valence-electron chi connectivity index (χ4n) is 11.4. The number of anilines is 2. The number of aromatic nitrogens is 3. The fourth-order valence-corrected chi connectivity index (χ4v) is 11.7. The molecule has 2 fully saturated rings. The van der Waals surface area contributed by atoms with Crippen molar-refractivity contribution in [3.63, 3.8) is 0 Å². The summed E-state index contributed by atoms with van der Waals surface area (Å²) >= 11 is 12.7. The number of ether oxygens (including phenoxy) is 6. The minimum absolute atomic E-state index is 0.138. The molecule has 21 nitrogen and oxygen atoms in total. The minimum Gasteiger partial charge on any atom is -0.497 e. The van der Waals surface area contributed by atoms with Gasteiger partial charge in [-0.3, -0.25) is 29.0 Å². The zero-order valence-corrected chi connectivity index (χ0v) is 51.4. The Balaban J connectivity index is 0.619. The highest BCUT2D eigenvalue weighted by Crippen LogP contribution is 2.47. The van der Waals surface area contributed by atoms with Crippen LogP contribution in [0.5, 0.6) is 11.5 Å². The van der Waals surface area contributed by atoms with E-state index >= 15 is 4.79 Å². The Morgan fingerprint density at radius 1 is 0.784 bits per heavy atom. The number of amidine groups is 1. The van der Waals surface area contributed by atoms with Gasteiger partial charge in [-0.25, -0.2) is 14.2 Å². The maximum absolute atomic E-state index is 15.1. The summed E-state index contributed by atoms with van der Waals surface area (Å²) in [6, 6.07) is 24.7. The molecule has 88 heavy (non-hydrogen) atoms. The van der Waals surface area contributed by atoms with Crippen molar-refractivity contribution in [1.82, 2.24) is 39.7 Å². The van der Waals surface area contributed by atoms with Gasteiger partial charge in [-0.1, -0.05) is 47.5 Å². The van der Waals surface area contributed by atoms with Crippen LogP contribution in [-0.4, -0.2) is 176 Å². The maximum atomic E-state index is 15.1. The number of nitrogen functional groups attached to an aromatic ring is 1. The number of nitrogens with zero attached hydrogens (tertiary/aromatic N) is 9. The van der Waals surface area contributed by atoms with E-state index in [9.17, 15) is 18.8 Å². The second-order valence-corrected chi connectivity index (χ2v) is 23.0. The van der Waals surface area contributed by atoms with Crippen molar-refractivity contribution in [2.24, 2.45) is 4.99 Å². The lowest BCUT2D eigenvalue weighted by atomic mass is 9.93. The Morgan fingerprint density at radius 2 is 1.47 bits per heavy atom. The van der Waals surface area contributed by atoms with Gasteiger partial charge in [0.15, 0.2) is 0 Å². The summed E-state index contributed by atoms with van der Waals surface area (Å²) < 4.78 is 51.1. The molecule has 4 aliphatic rings. The van der Waals surface area contributed by atoms with Crippen molar-refractivity contribution in [2.45, 2.75) is 70.4 Å². The highest BCUT2D eigenvalue weighted by molar-refractivity contribution is 6.30. The highest BCUT2D eigenvalue weighted by atomic mass is 35.5. The topological polar surface area (TPSA) is 221 Å². The largest absolute Gasteiger partial charge is 0.497 e. The fraction of sp³-hybridized carbons (Fsp3) is 0.422. The number of urea groups is 1. The average molecular weight is 1250 g/mol. The van der Waals surface area contributed by atoms with E-state index in [1.165, 1.54) is 12.1 Å². The van der Waals surface area contributed by atoms with Crippen LogP contribution >= 0.6 is 23.2 Å². The Morgan fingerprint density at radius 3 is 2.16 bits per heavy atom. The number of aliphatic imine (C=N–C) groups is 1. The van der Waals surface area contributed by atoms with E-state index in [-0.39, 0.29) is 75.2 Å². The Bertz CT molecular complexity index is 3460. The van der Waals surface area contributed by atoms with Crippen LogP contribution in [0.2, 0.25) is 10.0 Å². The third-order valence-corrected chi connectivity index (χ3v) is 16.3. The van der Waals surface area contributed by atoms with Gasteiger partial charge in [0.2, 0.25) is 11.8 Å². The third kappa shape index (κ3) is 15.2. The molecule has 466 valence electrons. The van der Waals surface area contributed by atoms with E-state index in [0.717, 1.165) is 40.8 Å². The van der Waals surface area contributed by atoms with Gasteiger partial charge in [0.25, 0.3) is 5.91 Å². The molecule has 4 aliphatic heterocycles. The summed E-state index contributed by atoms with van der Waals surface area (Å²) in [5.41, 5.74) is 12.7. The number of pyridine rings is 1. The van der Waals surface area contributed by atoms with Crippen LogP contribution in [0.25, 0.3) is 11.1 Å². The number of benzene rings is 4. The maximum Gasteiger partial charge on any atom is 0.326 e. The number of methoxy groups -OCH3 is 1. The number of hydrogen-bond acceptors (Lipinski definition) is 15. The zero-order chi connectivity index (χ0) is 61.8. The molecular weight excluding hydrogens is 1170 g/mol. The molecule has 10 rings (SSSR count). The molecule has 0 aliphatic carbocycles. The predicted molar refractivity (Wildman–Crippen MR) is 331 cm³/mol. The average Bonchev–Trinajstić information content (AvgIpc) is 1.70. The normalized spacial score (nSPS) is 17.6. The first-order valence-corrected chi connectivity index (χ1v) is 30.4.